The fourth-order valence-electron chi connectivity index (χ4n) is 1.41. The molecule has 0 bridgehead atoms. The summed E-state index contributed by atoms with van der Waals surface area (Å²) in [4.78, 5) is 0. The molecule has 1 atom stereocenters. The maximum Gasteiger partial charge on any atom is 0.0462 e. The highest BCUT2D eigenvalue weighted by atomic mass is 35.5. The highest BCUT2D eigenvalue weighted by Crippen LogP contribution is 2.07. The summed E-state index contributed by atoms with van der Waals surface area (Å²) in [5.41, 5.74) is 0. The third-order valence-corrected chi connectivity index (χ3v) is 2.70. The average molecular weight is 222 g/mol. The number of ether oxygens (including phenoxy) is 1. The molecule has 14 heavy (non-hydrogen) atoms. The van der Waals surface area contributed by atoms with Gasteiger partial charge >= 0.3 is 0 Å². The van der Waals surface area contributed by atoms with Gasteiger partial charge in [-0.2, -0.15) is 0 Å². The third-order valence-electron chi connectivity index (χ3n) is 2.48. The van der Waals surface area contributed by atoms with Gasteiger partial charge in [0.1, 0.15) is 0 Å². The van der Waals surface area contributed by atoms with Crippen molar-refractivity contribution in [2.45, 2.75) is 32.6 Å². The van der Waals surface area contributed by atoms with Gasteiger partial charge in [-0.05, 0) is 38.3 Å². The molecule has 3 heteroatoms. The maximum absolute atomic E-state index is 5.71. The normalized spacial score (nSPS) is 13.1. The Kier molecular flexibility index (Phi) is 11.5. The zero-order valence-electron chi connectivity index (χ0n) is 9.52. The molecule has 2 nitrogen and oxygen atoms in total. The smallest absolute Gasteiger partial charge is 0.0462 e. The Labute approximate surface area is 93.4 Å². The fourth-order valence-corrected chi connectivity index (χ4v) is 1.72. The summed E-state index contributed by atoms with van der Waals surface area (Å²) in [7, 11) is 1.75. The average Bonchev–Trinajstić information content (AvgIpc) is 2.21. The van der Waals surface area contributed by atoms with E-state index in [1.54, 1.807) is 7.11 Å². The molecule has 0 saturated heterocycles. The molecular weight excluding hydrogens is 198 g/mol. The zero-order chi connectivity index (χ0) is 10.6. The van der Waals surface area contributed by atoms with Gasteiger partial charge in [0.2, 0.25) is 0 Å². The molecule has 0 saturated carbocycles. The summed E-state index contributed by atoms with van der Waals surface area (Å²) in [5, 5.41) is 3.47. The lowest BCUT2D eigenvalue weighted by molar-refractivity contribution is 0.192. The van der Waals surface area contributed by atoms with Crippen molar-refractivity contribution in [3.05, 3.63) is 0 Å². The van der Waals surface area contributed by atoms with Crippen LogP contribution in [0.25, 0.3) is 0 Å². The van der Waals surface area contributed by atoms with Crippen molar-refractivity contribution < 1.29 is 4.74 Å². The van der Waals surface area contributed by atoms with Crippen LogP contribution in [0.5, 0.6) is 0 Å². The molecule has 0 aromatic heterocycles. The number of nitrogens with one attached hydrogen (secondary N) is 1. The first-order valence-corrected chi connectivity index (χ1v) is 6.14. The van der Waals surface area contributed by atoms with Crippen LogP contribution < -0.4 is 5.32 Å². The largest absolute Gasteiger partial charge is 0.385 e. The molecule has 0 aliphatic heterocycles. The van der Waals surface area contributed by atoms with Crippen LogP contribution in [0.2, 0.25) is 0 Å². The van der Waals surface area contributed by atoms with Gasteiger partial charge < -0.3 is 10.1 Å². The maximum atomic E-state index is 5.71. The predicted molar refractivity (Wildman–Crippen MR) is 63.1 cm³/mol. The topological polar surface area (TPSA) is 21.3 Å². The Morgan fingerprint density at radius 1 is 1.36 bits per heavy atom. The molecule has 0 amide bonds. The monoisotopic (exact) mass is 221 g/mol. The Bertz CT molecular complexity index is 111. The first-order valence-electron chi connectivity index (χ1n) is 5.60. The van der Waals surface area contributed by atoms with Gasteiger partial charge in [-0.1, -0.05) is 13.3 Å². The minimum absolute atomic E-state index is 0.745. The van der Waals surface area contributed by atoms with E-state index in [9.17, 15) is 0 Å². The third kappa shape index (κ3) is 8.79. The van der Waals surface area contributed by atoms with E-state index >= 15 is 0 Å². The van der Waals surface area contributed by atoms with Crippen molar-refractivity contribution in [1.82, 2.24) is 5.32 Å². The Hall–Kier alpha value is 0.210. The first-order chi connectivity index (χ1) is 6.85. The molecule has 0 aromatic carbocycles. The zero-order valence-corrected chi connectivity index (χ0v) is 10.3. The van der Waals surface area contributed by atoms with Crippen molar-refractivity contribution >= 4 is 11.6 Å². The summed E-state index contributed by atoms with van der Waals surface area (Å²) in [5.74, 6) is 1.53. The summed E-state index contributed by atoms with van der Waals surface area (Å²) >= 11 is 5.71. The SMILES string of the molecule is CCC(CCCl)CNCCCCOC. The molecule has 0 spiro atoms. The predicted octanol–water partition coefficient (Wildman–Crippen LogP) is 2.66. The highest BCUT2D eigenvalue weighted by molar-refractivity contribution is 6.17. The molecule has 0 aliphatic carbocycles. The van der Waals surface area contributed by atoms with Crippen molar-refractivity contribution in [2.75, 3.05) is 32.7 Å². The number of hydrogen-bond acceptors (Lipinski definition) is 2. The van der Waals surface area contributed by atoms with E-state index in [0.717, 1.165) is 44.3 Å². The van der Waals surface area contributed by atoms with Gasteiger partial charge in [-0.15, -0.1) is 11.6 Å². The van der Waals surface area contributed by atoms with Gasteiger partial charge in [0.05, 0.1) is 0 Å². The minimum atomic E-state index is 0.745. The Balaban J connectivity index is 3.15. The molecule has 0 aliphatic rings. The van der Waals surface area contributed by atoms with E-state index in [-0.39, 0.29) is 0 Å². The molecular formula is C11H24ClNO. The van der Waals surface area contributed by atoms with E-state index in [1.807, 2.05) is 0 Å². The lowest BCUT2D eigenvalue weighted by Crippen LogP contribution is -2.24. The number of unbranched alkanes of at least 4 members (excludes halogenated alkanes) is 1. The molecule has 0 fully saturated rings. The van der Waals surface area contributed by atoms with Gasteiger partial charge in [0.25, 0.3) is 0 Å². The fraction of sp³-hybridized carbons (Fsp3) is 1.00. The standard InChI is InChI=1S/C11H24ClNO/c1-3-11(6-7-12)10-13-8-4-5-9-14-2/h11,13H,3-10H2,1-2H3. The Morgan fingerprint density at radius 2 is 2.14 bits per heavy atom. The summed E-state index contributed by atoms with van der Waals surface area (Å²) in [6.45, 7) is 5.31. The number of hydrogen-bond donors (Lipinski definition) is 1. The van der Waals surface area contributed by atoms with Crippen LogP contribution in [-0.4, -0.2) is 32.7 Å². The van der Waals surface area contributed by atoms with Crippen LogP contribution in [0.4, 0.5) is 0 Å². The van der Waals surface area contributed by atoms with Crippen molar-refractivity contribution in [3.63, 3.8) is 0 Å². The number of methoxy groups -OCH3 is 1. The summed E-state index contributed by atoms with van der Waals surface area (Å²) in [6, 6.07) is 0. The lowest BCUT2D eigenvalue weighted by Gasteiger charge is -2.13. The van der Waals surface area contributed by atoms with Crippen molar-refractivity contribution in [3.8, 4) is 0 Å². The van der Waals surface area contributed by atoms with Gasteiger partial charge in [0.15, 0.2) is 0 Å². The van der Waals surface area contributed by atoms with E-state index in [0.29, 0.717) is 0 Å². The van der Waals surface area contributed by atoms with E-state index in [4.69, 9.17) is 16.3 Å². The molecule has 1 unspecified atom stereocenters. The van der Waals surface area contributed by atoms with Crippen LogP contribution in [0, 0.1) is 5.92 Å². The second-order valence-corrected chi connectivity index (χ2v) is 4.03. The second-order valence-electron chi connectivity index (χ2n) is 3.66. The molecule has 0 radical (unpaired) electrons. The number of alkyl halides is 1. The van der Waals surface area contributed by atoms with E-state index in [1.165, 1.54) is 12.8 Å². The molecule has 86 valence electrons. The van der Waals surface area contributed by atoms with Crippen LogP contribution in [0.15, 0.2) is 0 Å². The molecule has 1 N–H and O–H groups in total. The molecule has 0 rings (SSSR count). The van der Waals surface area contributed by atoms with Crippen molar-refractivity contribution in [1.29, 1.82) is 0 Å². The summed E-state index contributed by atoms with van der Waals surface area (Å²) < 4.78 is 4.98. The van der Waals surface area contributed by atoms with Crippen LogP contribution >= 0.6 is 11.6 Å². The van der Waals surface area contributed by atoms with Gasteiger partial charge in [0, 0.05) is 19.6 Å². The molecule has 0 aromatic rings. The van der Waals surface area contributed by atoms with Gasteiger partial charge in [-0.3, -0.25) is 0 Å². The number of rotatable bonds is 10. The van der Waals surface area contributed by atoms with Crippen LogP contribution in [0.1, 0.15) is 32.6 Å². The highest BCUT2D eigenvalue weighted by Gasteiger charge is 2.03. The van der Waals surface area contributed by atoms with E-state index < -0.39 is 0 Å². The van der Waals surface area contributed by atoms with Crippen molar-refractivity contribution in [2.24, 2.45) is 5.92 Å². The first kappa shape index (κ1) is 14.2. The van der Waals surface area contributed by atoms with Crippen LogP contribution in [0.3, 0.4) is 0 Å². The summed E-state index contributed by atoms with van der Waals surface area (Å²) in [6.07, 6.45) is 4.70. The molecule has 0 heterocycles. The minimum Gasteiger partial charge on any atom is -0.385 e. The second kappa shape index (κ2) is 11.3. The number of halogens is 1. The van der Waals surface area contributed by atoms with E-state index in [2.05, 4.69) is 12.2 Å². The lowest BCUT2D eigenvalue weighted by atomic mass is 10.0. The Morgan fingerprint density at radius 3 is 2.71 bits per heavy atom. The van der Waals surface area contributed by atoms with Gasteiger partial charge in [-0.25, -0.2) is 0 Å². The quantitative estimate of drug-likeness (QED) is 0.453. The van der Waals surface area contributed by atoms with Crippen LogP contribution in [-0.2, 0) is 4.74 Å².